The molecule has 1 amide bonds. The van der Waals surface area contributed by atoms with E-state index in [4.69, 9.17) is 9.47 Å². The molecule has 0 atom stereocenters. The van der Waals surface area contributed by atoms with Gasteiger partial charge in [-0.1, -0.05) is 12.1 Å². The summed E-state index contributed by atoms with van der Waals surface area (Å²) >= 11 is 0. The molecule has 4 aromatic rings. The van der Waals surface area contributed by atoms with E-state index in [1.54, 1.807) is 42.6 Å². The lowest BCUT2D eigenvalue weighted by Crippen LogP contribution is -2.38. The Morgan fingerprint density at radius 1 is 1.03 bits per heavy atom. The number of benzene rings is 3. The molecule has 180 valence electrons. The van der Waals surface area contributed by atoms with Crippen LogP contribution in [0.25, 0.3) is 10.8 Å². The summed E-state index contributed by atoms with van der Waals surface area (Å²) in [6.07, 6.45) is 3.05. The number of methoxy groups -OCH3 is 2. The van der Waals surface area contributed by atoms with Crippen molar-refractivity contribution in [1.82, 2.24) is 4.98 Å². The molecule has 4 rings (SSSR count). The molecule has 0 spiro atoms. The molecule has 0 aliphatic heterocycles. The number of hydrogen-bond donors (Lipinski definition) is 1. The average molecular weight is 496 g/mol. The highest BCUT2D eigenvalue weighted by molar-refractivity contribution is 7.93. The normalized spacial score (nSPS) is 11.2. The quantitative estimate of drug-likeness (QED) is 0.393. The Bertz CT molecular complexity index is 1470. The fourth-order valence-corrected chi connectivity index (χ4v) is 5.23. The lowest BCUT2D eigenvalue weighted by molar-refractivity contribution is -0.114. The summed E-state index contributed by atoms with van der Waals surface area (Å²) in [5.74, 6) is -0.315. The van der Waals surface area contributed by atoms with Crippen LogP contribution in [-0.4, -0.2) is 40.1 Å². The number of pyridine rings is 1. The maximum Gasteiger partial charge on any atom is 0.265 e. The van der Waals surface area contributed by atoms with Crippen molar-refractivity contribution in [3.8, 4) is 11.5 Å². The van der Waals surface area contributed by atoms with E-state index in [0.29, 0.717) is 28.0 Å². The fourth-order valence-electron chi connectivity index (χ4n) is 3.59. The zero-order chi connectivity index (χ0) is 25.0. The minimum Gasteiger partial charge on any atom is -0.497 e. The number of halogens is 1. The predicted octanol–water partition coefficient (Wildman–Crippen LogP) is 4.23. The SMILES string of the molecule is COc1ccc(OC)c(NC(=O)CN(c2ccc(F)cc2)S(=O)(=O)c2cccc3cnccc23)c1. The molecule has 10 heteroatoms. The van der Waals surface area contributed by atoms with Gasteiger partial charge in [-0.2, -0.15) is 0 Å². The van der Waals surface area contributed by atoms with Crippen LogP contribution < -0.4 is 19.1 Å². The molecule has 3 aromatic carbocycles. The summed E-state index contributed by atoms with van der Waals surface area (Å²) in [6, 6.07) is 16.1. The largest absolute Gasteiger partial charge is 0.497 e. The van der Waals surface area contributed by atoms with Crippen molar-refractivity contribution in [2.75, 3.05) is 30.4 Å². The van der Waals surface area contributed by atoms with Crippen LogP contribution in [0.15, 0.2) is 84.0 Å². The molecule has 0 saturated carbocycles. The first-order valence-corrected chi connectivity index (χ1v) is 11.9. The molecule has 0 saturated heterocycles. The van der Waals surface area contributed by atoms with Gasteiger partial charge < -0.3 is 14.8 Å². The third-order valence-electron chi connectivity index (χ3n) is 5.29. The van der Waals surface area contributed by atoms with Crippen LogP contribution in [0.5, 0.6) is 11.5 Å². The molecule has 35 heavy (non-hydrogen) atoms. The van der Waals surface area contributed by atoms with Gasteiger partial charge in [-0.3, -0.25) is 14.1 Å². The van der Waals surface area contributed by atoms with Crippen LogP contribution in [0.4, 0.5) is 15.8 Å². The number of ether oxygens (including phenoxy) is 2. The Hall–Kier alpha value is -4.18. The Kier molecular flexibility index (Phi) is 6.83. The van der Waals surface area contributed by atoms with Gasteiger partial charge in [-0.25, -0.2) is 12.8 Å². The van der Waals surface area contributed by atoms with E-state index < -0.39 is 28.3 Å². The van der Waals surface area contributed by atoms with Crippen molar-refractivity contribution in [2.24, 2.45) is 0 Å². The molecule has 0 bridgehead atoms. The van der Waals surface area contributed by atoms with E-state index in [1.807, 2.05) is 0 Å². The van der Waals surface area contributed by atoms with E-state index in [9.17, 15) is 17.6 Å². The van der Waals surface area contributed by atoms with Crippen molar-refractivity contribution >= 4 is 38.1 Å². The summed E-state index contributed by atoms with van der Waals surface area (Å²) in [7, 11) is -1.31. The second kappa shape index (κ2) is 9.98. The second-order valence-electron chi connectivity index (χ2n) is 7.46. The highest BCUT2D eigenvalue weighted by atomic mass is 32.2. The molecule has 1 heterocycles. The molecule has 0 fully saturated rings. The summed E-state index contributed by atoms with van der Waals surface area (Å²) in [6.45, 7) is -0.574. The van der Waals surface area contributed by atoms with Crippen LogP contribution in [0.1, 0.15) is 0 Å². The number of fused-ring (bicyclic) bond motifs is 1. The van der Waals surface area contributed by atoms with Crippen molar-refractivity contribution in [3.05, 3.63) is 84.9 Å². The first-order valence-electron chi connectivity index (χ1n) is 10.5. The van der Waals surface area contributed by atoms with Gasteiger partial charge in [0.05, 0.1) is 30.5 Å². The number of carbonyl (C=O) groups is 1. The van der Waals surface area contributed by atoms with Crippen molar-refractivity contribution < 1.29 is 27.1 Å². The number of anilines is 2. The molecule has 0 unspecified atom stereocenters. The third-order valence-corrected chi connectivity index (χ3v) is 7.12. The molecule has 1 N–H and O–H groups in total. The maximum atomic E-state index is 13.8. The number of nitrogens with one attached hydrogen (secondary N) is 1. The Balaban J connectivity index is 1.74. The molecule has 8 nitrogen and oxygen atoms in total. The average Bonchev–Trinajstić information content (AvgIpc) is 2.87. The molecular formula is C25H22FN3O5S. The smallest absolute Gasteiger partial charge is 0.265 e. The Morgan fingerprint density at radius 3 is 2.51 bits per heavy atom. The Morgan fingerprint density at radius 2 is 1.80 bits per heavy atom. The van der Waals surface area contributed by atoms with E-state index in [0.717, 1.165) is 16.4 Å². The zero-order valence-corrected chi connectivity index (χ0v) is 19.8. The lowest BCUT2D eigenvalue weighted by atomic mass is 10.2. The lowest BCUT2D eigenvalue weighted by Gasteiger charge is -2.25. The summed E-state index contributed by atoms with van der Waals surface area (Å²) in [5.41, 5.74) is 0.440. The highest BCUT2D eigenvalue weighted by Gasteiger charge is 2.29. The predicted molar refractivity (Wildman–Crippen MR) is 131 cm³/mol. The van der Waals surface area contributed by atoms with Crippen LogP contribution in [0.2, 0.25) is 0 Å². The van der Waals surface area contributed by atoms with Crippen LogP contribution >= 0.6 is 0 Å². The number of hydrogen-bond acceptors (Lipinski definition) is 6. The number of amides is 1. The fraction of sp³-hybridized carbons (Fsp3) is 0.120. The monoisotopic (exact) mass is 495 g/mol. The molecule has 0 aliphatic rings. The molecular weight excluding hydrogens is 473 g/mol. The van der Waals surface area contributed by atoms with Crippen LogP contribution in [0, 0.1) is 5.82 Å². The van der Waals surface area contributed by atoms with Gasteiger partial charge in [0, 0.05) is 29.2 Å². The first-order chi connectivity index (χ1) is 16.8. The topological polar surface area (TPSA) is 97.8 Å². The number of nitrogens with zero attached hydrogens (tertiary/aromatic N) is 2. The van der Waals surface area contributed by atoms with Gasteiger partial charge in [0.25, 0.3) is 10.0 Å². The standard InChI is InChI=1S/C25H22FN3O5S/c1-33-20-10-11-23(34-2)22(14-20)28-25(30)16-29(19-8-6-18(26)7-9-19)35(31,32)24-5-3-4-17-15-27-13-12-21(17)24/h3-15H,16H2,1-2H3,(H,28,30). The number of carbonyl (C=O) groups excluding carboxylic acids is 1. The second-order valence-corrected chi connectivity index (χ2v) is 9.29. The zero-order valence-electron chi connectivity index (χ0n) is 18.9. The minimum atomic E-state index is -4.24. The highest BCUT2D eigenvalue weighted by Crippen LogP contribution is 2.31. The number of aromatic nitrogens is 1. The third kappa shape index (κ3) is 5.02. The number of sulfonamides is 1. The van der Waals surface area contributed by atoms with Gasteiger partial charge >= 0.3 is 0 Å². The van der Waals surface area contributed by atoms with Gasteiger partial charge in [0.1, 0.15) is 23.9 Å². The van der Waals surface area contributed by atoms with Gasteiger partial charge in [0.15, 0.2) is 0 Å². The summed E-state index contributed by atoms with van der Waals surface area (Å²) in [4.78, 5) is 17.1. The van der Waals surface area contributed by atoms with Crippen molar-refractivity contribution in [1.29, 1.82) is 0 Å². The van der Waals surface area contributed by atoms with Crippen LogP contribution in [0.3, 0.4) is 0 Å². The molecule has 1 aromatic heterocycles. The van der Waals surface area contributed by atoms with Gasteiger partial charge in [-0.15, -0.1) is 0 Å². The summed E-state index contributed by atoms with van der Waals surface area (Å²) < 4.78 is 52.7. The summed E-state index contributed by atoms with van der Waals surface area (Å²) in [5, 5.41) is 3.75. The van der Waals surface area contributed by atoms with E-state index >= 15 is 0 Å². The maximum absolute atomic E-state index is 13.8. The van der Waals surface area contributed by atoms with Gasteiger partial charge in [-0.05, 0) is 48.5 Å². The number of rotatable bonds is 8. The van der Waals surface area contributed by atoms with Crippen LogP contribution in [-0.2, 0) is 14.8 Å². The van der Waals surface area contributed by atoms with Crippen molar-refractivity contribution in [2.45, 2.75) is 4.90 Å². The first kappa shape index (κ1) is 24.0. The molecule has 0 radical (unpaired) electrons. The van der Waals surface area contributed by atoms with E-state index in [2.05, 4.69) is 10.3 Å². The van der Waals surface area contributed by atoms with E-state index in [-0.39, 0.29) is 10.6 Å². The molecule has 0 aliphatic carbocycles. The Labute approximate surface area is 202 Å². The van der Waals surface area contributed by atoms with Crippen molar-refractivity contribution in [3.63, 3.8) is 0 Å². The minimum absolute atomic E-state index is 0.00603. The van der Waals surface area contributed by atoms with Gasteiger partial charge in [0.2, 0.25) is 5.91 Å². The van der Waals surface area contributed by atoms with E-state index in [1.165, 1.54) is 38.6 Å².